The lowest BCUT2D eigenvalue weighted by atomic mass is 10.1. The second-order valence-electron chi connectivity index (χ2n) is 3.46. The van der Waals surface area contributed by atoms with Crippen LogP contribution in [0, 0.1) is 0 Å². The quantitative estimate of drug-likeness (QED) is 0.381. The Kier molecular flexibility index (Phi) is 8.14. The van der Waals surface area contributed by atoms with E-state index in [4.69, 9.17) is 0 Å². The fourth-order valence-electron chi connectivity index (χ4n) is 1.25. The maximum absolute atomic E-state index is 11.7. The summed E-state index contributed by atoms with van der Waals surface area (Å²) in [7, 11) is 1.73. The standard InChI is InChI=1S/C10H19F3N2/c1-14-15-9-7-5-3-2-4-6-8-10(11,12)13/h9,14H,2-8H2,1H3/b15-9+. The van der Waals surface area contributed by atoms with Gasteiger partial charge in [-0.2, -0.15) is 18.3 Å². The number of rotatable bonds is 8. The predicted octanol–water partition coefficient (Wildman–Crippen LogP) is 3.48. The van der Waals surface area contributed by atoms with Crippen LogP contribution in [0.3, 0.4) is 0 Å². The fraction of sp³-hybridized carbons (Fsp3) is 0.900. The first-order chi connectivity index (χ1) is 7.06. The molecule has 0 aliphatic rings. The van der Waals surface area contributed by atoms with Crippen molar-refractivity contribution in [1.29, 1.82) is 0 Å². The molecule has 90 valence electrons. The highest BCUT2D eigenvalue weighted by atomic mass is 19.4. The molecule has 0 radical (unpaired) electrons. The second kappa shape index (κ2) is 8.56. The molecule has 2 nitrogen and oxygen atoms in total. The smallest absolute Gasteiger partial charge is 0.313 e. The van der Waals surface area contributed by atoms with E-state index in [2.05, 4.69) is 10.5 Å². The molecule has 15 heavy (non-hydrogen) atoms. The van der Waals surface area contributed by atoms with Crippen molar-refractivity contribution in [3.8, 4) is 0 Å². The Balaban J connectivity index is 3.09. The molecular weight excluding hydrogens is 205 g/mol. The van der Waals surface area contributed by atoms with Crippen molar-refractivity contribution >= 4 is 6.21 Å². The van der Waals surface area contributed by atoms with Gasteiger partial charge in [0.15, 0.2) is 0 Å². The van der Waals surface area contributed by atoms with Crippen LogP contribution in [-0.2, 0) is 0 Å². The Bertz CT molecular complexity index is 167. The van der Waals surface area contributed by atoms with Crippen LogP contribution in [0.4, 0.5) is 13.2 Å². The van der Waals surface area contributed by atoms with Crippen LogP contribution in [0.1, 0.15) is 44.9 Å². The maximum Gasteiger partial charge on any atom is 0.389 e. The van der Waals surface area contributed by atoms with Crippen LogP contribution in [0.5, 0.6) is 0 Å². The third kappa shape index (κ3) is 13.3. The summed E-state index contributed by atoms with van der Waals surface area (Å²) in [6.07, 6.45) is 1.83. The Hall–Kier alpha value is -0.740. The number of unbranched alkanes of at least 4 members (excludes halogenated alkanes) is 5. The molecule has 0 rings (SSSR count). The molecule has 0 unspecified atom stereocenters. The van der Waals surface area contributed by atoms with Gasteiger partial charge in [0.05, 0.1) is 0 Å². The first kappa shape index (κ1) is 14.3. The Morgan fingerprint density at radius 1 is 1.07 bits per heavy atom. The van der Waals surface area contributed by atoms with Gasteiger partial charge in [-0.25, -0.2) is 0 Å². The highest BCUT2D eigenvalue weighted by Gasteiger charge is 2.25. The molecule has 0 heterocycles. The third-order valence-corrected chi connectivity index (χ3v) is 2.01. The van der Waals surface area contributed by atoms with Gasteiger partial charge < -0.3 is 5.43 Å². The number of halogens is 3. The summed E-state index contributed by atoms with van der Waals surface area (Å²) in [6, 6.07) is 0. The normalized spacial score (nSPS) is 12.3. The van der Waals surface area contributed by atoms with Crippen molar-refractivity contribution in [1.82, 2.24) is 5.43 Å². The molecule has 0 aromatic heterocycles. The fourth-order valence-corrected chi connectivity index (χ4v) is 1.25. The number of alkyl halides is 3. The van der Waals surface area contributed by atoms with Crippen molar-refractivity contribution in [2.45, 2.75) is 51.1 Å². The molecule has 0 fully saturated rings. The van der Waals surface area contributed by atoms with E-state index in [9.17, 15) is 13.2 Å². The maximum atomic E-state index is 11.7. The molecule has 0 amide bonds. The molecule has 0 saturated carbocycles. The van der Waals surface area contributed by atoms with Gasteiger partial charge in [-0.1, -0.05) is 19.3 Å². The lowest BCUT2D eigenvalue weighted by Crippen LogP contribution is -2.06. The molecule has 1 N–H and O–H groups in total. The number of nitrogens with zero attached hydrogens (tertiary/aromatic N) is 1. The third-order valence-electron chi connectivity index (χ3n) is 2.01. The average Bonchev–Trinajstić information content (AvgIpc) is 2.14. The topological polar surface area (TPSA) is 24.4 Å². The Morgan fingerprint density at radius 3 is 2.27 bits per heavy atom. The zero-order chi connectivity index (χ0) is 11.6. The van der Waals surface area contributed by atoms with Gasteiger partial charge in [0.1, 0.15) is 0 Å². The number of hydrazone groups is 1. The van der Waals surface area contributed by atoms with E-state index >= 15 is 0 Å². The zero-order valence-electron chi connectivity index (χ0n) is 9.11. The van der Waals surface area contributed by atoms with E-state index in [-0.39, 0.29) is 6.42 Å². The van der Waals surface area contributed by atoms with Crippen LogP contribution in [0.2, 0.25) is 0 Å². The molecule has 0 atom stereocenters. The molecule has 0 aromatic rings. The van der Waals surface area contributed by atoms with Crippen LogP contribution in [-0.4, -0.2) is 19.4 Å². The van der Waals surface area contributed by atoms with E-state index in [0.717, 1.165) is 25.7 Å². The van der Waals surface area contributed by atoms with Crippen LogP contribution < -0.4 is 5.43 Å². The molecule has 0 aliphatic carbocycles. The van der Waals surface area contributed by atoms with Gasteiger partial charge in [-0.05, 0) is 19.3 Å². The van der Waals surface area contributed by atoms with Gasteiger partial charge >= 0.3 is 6.18 Å². The first-order valence-electron chi connectivity index (χ1n) is 5.31. The number of hydrogen-bond acceptors (Lipinski definition) is 2. The summed E-state index contributed by atoms with van der Waals surface area (Å²) in [4.78, 5) is 0. The molecule has 0 aromatic carbocycles. The lowest BCUT2D eigenvalue weighted by molar-refractivity contribution is -0.135. The Morgan fingerprint density at radius 2 is 1.67 bits per heavy atom. The van der Waals surface area contributed by atoms with Crippen molar-refractivity contribution in [3.63, 3.8) is 0 Å². The largest absolute Gasteiger partial charge is 0.389 e. The highest BCUT2D eigenvalue weighted by molar-refractivity contribution is 5.56. The van der Waals surface area contributed by atoms with E-state index < -0.39 is 12.6 Å². The van der Waals surface area contributed by atoms with Crippen LogP contribution in [0.25, 0.3) is 0 Å². The molecular formula is C10H19F3N2. The summed E-state index contributed by atoms with van der Waals surface area (Å²) in [5, 5.41) is 3.81. The average molecular weight is 224 g/mol. The first-order valence-corrected chi connectivity index (χ1v) is 5.31. The van der Waals surface area contributed by atoms with Gasteiger partial charge in [0.25, 0.3) is 0 Å². The lowest BCUT2D eigenvalue weighted by Gasteiger charge is -2.04. The van der Waals surface area contributed by atoms with E-state index in [1.165, 1.54) is 0 Å². The van der Waals surface area contributed by atoms with E-state index in [1.807, 2.05) is 0 Å². The number of hydrogen-bond donors (Lipinski definition) is 1. The minimum Gasteiger partial charge on any atom is -0.313 e. The molecule has 5 heteroatoms. The Labute approximate surface area is 88.9 Å². The summed E-state index contributed by atoms with van der Waals surface area (Å²) in [5.74, 6) is 0. The SMILES string of the molecule is CN/N=C/CCCCCCCC(F)(F)F. The van der Waals surface area contributed by atoms with Crippen molar-refractivity contribution in [2.75, 3.05) is 7.05 Å². The molecule has 0 saturated heterocycles. The van der Waals surface area contributed by atoms with Gasteiger partial charge in [0.2, 0.25) is 0 Å². The van der Waals surface area contributed by atoms with Crippen LogP contribution >= 0.6 is 0 Å². The molecule has 0 aliphatic heterocycles. The zero-order valence-corrected chi connectivity index (χ0v) is 9.11. The van der Waals surface area contributed by atoms with Crippen molar-refractivity contribution in [2.24, 2.45) is 5.10 Å². The summed E-state index contributed by atoms with van der Waals surface area (Å²) in [5.41, 5.74) is 2.64. The van der Waals surface area contributed by atoms with E-state index in [0.29, 0.717) is 6.42 Å². The van der Waals surface area contributed by atoms with E-state index in [1.54, 1.807) is 13.3 Å². The molecule has 0 bridgehead atoms. The monoisotopic (exact) mass is 224 g/mol. The summed E-state index contributed by atoms with van der Waals surface area (Å²) in [6.45, 7) is 0. The second-order valence-corrected chi connectivity index (χ2v) is 3.46. The minimum atomic E-state index is -3.99. The summed E-state index contributed by atoms with van der Waals surface area (Å²) >= 11 is 0. The van der Waals surface area contributed by atoms with Gasteiger partial charge in [-0.3, -0.25) is 0 Å². The van der Waals surface area contributed by atoms with Crippen molar-refractivity contribution in [3.05, 3.63) is 0 Å². The highest BCUT2D eigenvalue weighted by Crippen LogP contribution is 2.22. The number of nitrogens with one attached hydrogen (secondary N) is 1. The summed E-state index contributed by atoms with van der Waals surface area (Å²) < 4.78 is 35.2. The molecule has 0 spiro atoms. The van der Waals surface area contributed by atoms with Gasteiger partial charge in [0, 0.05) is 19.7 Å². The predicted molar refractivity (Wildman–Crippen MR) is 55.9 cm³/mol. The van der Waals surface area contributed by atoms with Crippen molar-refractivity contribution < 1.29 is 13.2 Å². The van der Waals surface area contributed by atoms with Crippen LogP contribution in [0.15, 0.2) is 5.10 Å². The van der Waals surface area contributed by atoms with Gasteiger partial charge in [-0.15, -0.1) is 0 Å². The minimum absolute atomic E-state index is 0.258.